The summed E-state index contributed by atoms with van der Waals surface area (Å²) in [6.07, 6.45) is 2.64. The average molecular weight is 246 g/mol. The molecule has 0 spiro atoms. The van der Waals surface area contributed by atoms with Gasteiger partial charge >= 0.3 is 0 Å². The highest BCUT2D eigenvalue weighted by Gasteiger charge is 2.12. The number of nitrogens with two attached hydrogens (primary N) is 1. The van der Waals surface area contributed by atoms with Crippen molar-refractivity contribution in [2.75, 3.05) is 7.05 Å². The van der Waals surface area contributed by atoms with Gasteiger partial charge < -0.3 is 10.7 Å². The van der Waals surface area contributed by atoms with Gasteiger partial charge in [0.1, 0.15) is 11.4 Å². The fraction of sp³-hybridized carbons (Fsp3) is 0.222. The smallest absolute Gasteiger partial charge is 0.222 e. The Bertz CT molecular complexity index is 415. The number of hydrogen-bond acceptors (Lipinski definition) is 3. The molecule has 0 saturated heterocycles. The molecule has 0 radical (unpaired) electrons. The minimum Gasteiger partial charge on any atom is -0.319 e. The summed E-state index contributed by atoms with van der Waals surface area (Å²) in [6, 6.07) is 0. The highest BCUT2D eigenvalue weighted by atomic mass is 35.5. The lowest BCUT2D eigenvalue weighted by atomic mass is 10.1. The Morgan fingerprint density at radius 3 is 2.73 bits per heavy atom. The van der Waals surface area contributed by atoms with Crippen LogP contribution in [0.3, 0.4) is 0 Å². The van der Waals surface area contributed by atoms with Crippen LogP contribution in [0, 0.1) is 5.41 Å². The third-order valence-electron chi connectivity index (χ3n) is 1.97. The van der Waals surface area contributed by atoms with E-state index in [9.17, 15) is 0 Å². The lowest BCUT2D eigenvalue weighted by molar-refractivity contribution is -0.574. The van der Waals surface area contributed by atoms with E-state index in [1.807, 2.05) is 19.3 Å². The van der Waals surface area contributed by atoms with Gasteiger partial charge in [-0.25, -0.2) is 9.97 Å². The molecule has 6 heteroatoms. The van der Waals surface area contributed by atoms with E-state index < -0.39 is 0 Å². The summed E-state index contributed by atoms with van der Waals surface area (Å²) >= 11 is 11.6. The Labute approximate surface area is 97.8 Å². The number of hydrogen-bond donors (Lipinski definition) is 2. The van der Waals surface area contributed by atoms with Crippen LogP contribution >= 0.6 is 23.2 Å². The lowest BCUT2D eigenvalue weighted by Crippen LogP contribution is -2.77. The SMILES string of the molecule is C[NH2+]/C(C)=C(\C=N)c1nc(Cl)ncc1Cl. The van der Waals surface area contributed by atoms with Crippen molar-refractivity contribution in [3.05, 3.63) is 27.9 Å². The number of rotatable bonds is 3. The van der Waals surface area contributed by atoms with Crippen molar-refractivity contribution in [1.29, 1.82) is 5.41 Å². The molecule has 4 nitrogen and oxygen atoms in total. The number of aromatic nitrogens is 2. The summed E-state index contributed by atoms with van der Waals surface area (Å²) in [5, 5.41) is 9.73. The molecule has 15 heavy (non-hydrogen) atoms. The van der Waals surface area contributed by atoms with Crippen LogP contribution in [0.1, 0.15) is 12.6 Å². The number of nitrogens with one attached hydrogen (secondary N) is 1. The second-order valence-corrected chi connectivity index (χ2v) is 3.61. The van der Waals surface area contributed by atoms with Crippen LogP contribution in [0.25, 0.3) is 5.57 Å². The van der Waals surface area contributed by atoms with Crippen molar-refractivity contribution in [2.24, 2.45) is 0 Å². The van der Waals surface area contributed by atoms with Crippen LogP contribution in [-0.4, -0.2) is 23.2 Å². The van der Waals surface area contributed by atoms with Gasteiger partial charge in [0, 0.05) is 13.1 Å². The van der Waals surface area contributed by atoms with Gasteiger partial charge in [0.05, 0.1) is 23.8 Å². The summed E-state index contributed by atoms with van der Waals surface area (Å²) in [5.74, 6) is 0. The highest BCUT2D eigenvalue weighted by Crippen LogP contribution is 2.21. The Hall–Kier alpha value is -0.970. The van der Waals surface area contributed by atoms with Crippen molar-refractivity contribution in [3.63, 3.8) is 0 Å². The Kier molecular flexibility index (Phi) is 4.20. The molecule has 0 aliphatic heterocycles. The van der Waals surface area contributed by atoms with Crippen molar-refractivity contribution in [1.82, 2.24) is 9.97 Å². The molecule has 1 aromatic rings. The molecule has 0 saturated carbocycles. The Morgan fingerprint density at radius 1 is 1.53 bits per heavy atom. The third kappa shape index (κ3) is 2.75. The van der Waals surface area contributed by atoms with Gasteiger partial charge in [0.15, 0.2) is 0 Å². The molecule has 0 amide bonds. The lowest BCUT2D eigenvalue weighted by Gasteiger charge is -2.05. The minimum atomic E-state index is 0.123. The molecule has 0 fully saturated rings. The van der Waals surface area contributed by atoms with Crippen molar-refractivity contribution in [2.45, 2.75) is 6.92 Å². The summed E-state index contributed by atoms with van der Waals surface area (Å²) in [6.45, 7) is 1.88. The molecule has 0 bridgehead atoms. The van der Waals surface area contributed by atoms with Gasteiger partial charge in [-0.2, -0.15) is 0 Å². The summed E-state index contributed by atoms with van der Waals surface area (Å²) in [4.78, 5) is 7.76. The van der Waals surface area contributed by atoms with Gasteiger partial charge in [-0.15, -0.1) is 0 Å². The first kappa shape index (κ1) is 12.1. The zero-order valence-electron chi connectivity index (χ0n) is 8.38. The number of nitrogens with zero attached hydrogens (tertiary/aromatic N) is 2. The van der Waals surface area contributed by atoms with Gasteiger partial charge in [-0.3, -0.25) is 0 Å². The average Bonchev–Trinajstić information content (AvgIpc) is 2.23. The van der Waals surface area contributed by atoms with E-state index in [-0.39, 0.29) is 5.28 Å². The van der Waals surface area contributed by atoms with Crippen LogP contribution in [0.2, 0.25) is 10.3 Å². The normalized spacial score (nSPS) is 12.3. The molecule has 0 atom stereocenters. The minimum absolute atomic E-state index is 0.123. The molecule has 1 heterocycles. The topological polar surface area (TPSA) is 66.2 Å². The molecule has 3 N–H and O–H groups in total. The second kappa shape index (κ2) is 5.21. The van der Waals surface area contributed by atoms with Crippen LogP contribution in [0.5, 0.6) is 0 Å². The maximum atomic E-state index is 7.33. The van der Waals surface area contributed by atoms with Gasteiger partial charge in [0.2, 0.25) is 5.28 Å². The molecule has 0 unspecified atom stereocenters. The van der Waals surface area contributed by atoms with Gasteiger partial charge in [-0.1, -0.05) is 11.6 Å². The largest absolute Gasteiger partial charge is 0.319 e. The number of quaternary nitrogens is 1. The number of halogens is 2. The Morgan fingerprint density at radius 2 is 2.20 bits per heavy atom. The molecule has 1 aromatic heterocycles. The quantitative estimate of drug-likeness (QED) is 0.624. The first-order chi connectivity index (χ1) is 7.10. The second-order valence-electron chi connectivity index (χ2n) is 2.87. The van der Waals surface area contributed by atoms with Crippen molar-refractivity contribution >= 4 is 35.0 Å². The molecular weight excluding hydrogens is 235 g/mol. The first-order valence-corrected chi connectivity index (χ1v) is 5.04. The monoisotopic (exact) mass is 245 g/mol. The van der Waals surface area contributed by atoms with E-state index in [0.717, 1.165) is 5.70 Å². The van der Waals surface area contributed by atoms with Crippen LogP contribution < -0.4 is 5.32 Å². The highest BCUT2D eigenvalue weighted by molar-refractivity contribution is 6.34. The van der Waals surface area contributed by atoms with E-state index in [0.29, 0.717) is 16.3 Å². The Balaban J connectivity index is 3.36. The fourth-order valence-electron chi connectivity index (χ4n) is 1.06. The summed E-state index contributed by atoms with van der Waals surface area (Å²) in [5.41, 5.74) is 2.05. The van der Waals surface area contributed by atoms with E-state index in [4.69, 9.17) is 28.6 Å². The maximum Gasteiger partial charge on any atom is 0.222 e. The molecule has 0 aliphatic rings. The van der Waals surface area contributed by atoms with Gasteiger partial charge in [-0.05, 0) is 11.6 Å². The fourth-order valence-corrected chi connectivity index (χ4v) is 1.39. The zero-order valence-corrected chi connectivity index (χ0v) is 9.89. The van der Waals surface area contributed by atoms with E-state index in [1.54, 1.807) is 0 Å². The summed E-state index contributed by atoms with van der Waals surface area (Å²) < 4.78 is 0. The molecule has 1 rings (SSSR count). The van der Waals surface area contributed by atoms with Crippen LogP contribution in [-0.2, 0) is 0 Å². The zero-order chi connectivity index (χ0) is 11.4. The molecule has 0 aliphatic carbocycles. The molecular formula is C9H11Cl2N4+. The van der Waals surface area contributed by atoms with E-state index >= 15 is 0 Å². The molecule has 80 valence electrons. The van der Waals surface area contributed by atoms with Crippen LogP contribution in [0.15, 0.2) is 11.9 Å². The third-order valence-corrected chi connectivity index (χ3v) is 2.43. The molecule has 0 aromatic carbocycles. The van der Waals surface area contributed by atoms with Crippen molar-refractivity contribution < 1.29 is 5.32 Å². The predicted octanol–water partition coefficient (Wildman–Crippen LogP) is 1.36. The van der Waals surface area contributed by atoms with Crippen LogP contribution in [0.4, 0.5) is 0 Å². The standard InChI is InChI=1S/C9H10Cl2N4/c1-5(13-2)6(3-12)8-7(10)4-14-9(11)15-8/h3-4,12-13H,1-2H3/p+1/b6-5+,12-3?. The predicted molar refractivity (Wildman–Crippen MR) is 61.3 cm³/mol. The number of allylic oxidation sites excluding steroid dienone is 2. The van der Waals surface area contributed by atoms with Crippen molar-refractivity contribution in [3.8, 4) is 0 Å². The summed E-state index contributed by atoms with van der Waals surface area (Å²) in [7, 11) is 1.88. The van der Waals surface area contributed by atoms with E-state index in [1.165, 1.54) is 12.4 Å². The van der Waals surface area contributed by atoms with Gasteiger partial charge in [0.25, 0.3) is 0 Å². The first-order valence-electron chi connectivity index (χ1n) is 4.29. The van der Waals surface area contributed by atoms with E-state index in [2.05, 4.69) is 9.97 Å². The maximum absolute atomic E-state index is 7.33.